The highest BCUT2D eigenvalue weighted by molar-refractivity contribution is 7.92. The number of nitrogens with one attached hydrogen (secondary N) is 2. The molecule has 1 aliphatic heterocycles. The van der Waals surface area contributed by atoms with Crippen LogP contribution in [0.1, 0.15) is 25.7 Å². The van der Waals surface area contributed by atoms with Gasteiger partial charge in [0.1, 0.15) is 10.7 Å². The van der Waals surface area contributed by atoms with Gasteiger partial charge in [-0.05, 0) is 49.2 Å². The van der Waals surface area contributed by atoms with E-state index < -0.39 is 20.0 Å². The van der Waals surface area contributed by atoms with Crippen molar-refractivity contribution in [1.82, 2.24) is 4.72 Å². The minimum absolute atomic E-state index is 0.00758. The molecule has 0 saturated carbocycles. The Hall–Kier alpha value is -1.81. The molecule has 0 aromatic heterocycles. The van der Waals surface area contributed by atoms with Crippen LogP contribution in [0.4, 0.5) is 5.69 Å². The normalized spacial score (nSPS) is 15.3. The van der Waals surface area contributed by atoms with Gasteiger partial charge in [-0.1, -0.05) is 35.7 Å². The van der Waals surface area contributed by atoms with Gasteiger partial charge in [-0.3, -0.25) is 14.4 Å². The first kappa shape index (κ1) is 21.9. The number of aliphatic imine (C=N–C) groups is 1. The zero-order valence-electron chi connectivity index (χ0n) is 15.2. The fraction of sp³-hybridized carbons (Fsp3) is 0.278. The first-order valence-corrected chi connectivity index (χ1v) is 12.5. The van der Waals surface area contributed by atoms with Crippen LogP contribution in [0.5, 0.6) is 0 Å². The zero-order valence-corrected chi connectivity index (χ0v) is 18.4. The van der Waals surface area contributed by atoms with Crippen LogP contribution in [0.2, 0.25) is 10.0 Å². The number of nitrogens with zero attached hydrogens (tertiary/aromatic N) is 1. The third-order valence-electron chi connectivity index (χ3n) is 4.25. The van der Waals surface area contributed by atoms with Crippen LogP contribution in [0.25, 0.3) is 0 Å². The Kier molecular flexibility index (Phi) is 6.72. The molecule has 2 aromatic carbocycles. The molecule has 0 bridgehead atoms. The number of benzene rings is 2. The Labute approximate surface area is 180 Å². The number of sulfonamides is 2. The van der Waals surface area contributed by atoms with Crippen LogP contribution in [-0.4, -0.2) is 29.2 Å². The first-order valence-electron chi connectivity index (χ1n) is 8.82. The lowest BCUT2D eigenvalue weighted by atomic mass is 10.2. The fourth-order valence-corrected chi connectivity index (χ4v) is 5.69. The number of hydrogen-bond acceptors (Lipinski definition) is 5. The maximum absolute atomic E-state index is 12.6. The molecular weight excluding hydrogens is 457 g/mol. The molecule has 7 nitrogen and oxygen atoms in total. The highest BCUT2D eigenvalue weighted by Gasteiger charge is 2.21. The molecule has 0 fully saturated rings. The van der Waals surface area contributed by atoms with Crippen molar-refractivity contribution in [1.29, 1.82) is 0 Å². The van der Waals surface area contributed by atoms with E-state index in [4.69, 9.17) is 23.2 Å². The number of hydrogen-bond donors (Lipinski definition) is 2. The molecule has 2 aromatic rings. The van der Waals surface area contributed by atoms with E-state index in [2.05, 4.69) is 14.4 Å². The summed E-state index contributed by atoms with van der Waals surface area (Å²) in [5.74, 6) is 0.447. The zero-order chi connectivity index (χ0) is 21.1. The predicted octanol–water partition coefficient (Wildman–Crippen LogP) is 4.05. The van der Waals surface area contributed by atoms with Crippen LogP contribution in [0, 0.1) is 0 Å². The summed E-state index contributed by atoms with van der Waals surface area (Å²) in [6.45, 7) is 0.602. The van der Waals surface area contributed by atoms with Crippen molar-refractivity contribution in [3.63, 3.8) is 0 Å². The minimum Gasteiger partial charge on any atom is -0.280 e. The maximum Gasteiger partial charge on any atom is 0.263 e. The van der Waals surface area contributed by atoms with E-state index in [0.29, 0.717) is 18.8 Å². The number of halogens is 2. The molecule has 0 saturated heterocycles. The van der Waals surface area contributed by atoms with Crippen molar-refractivity contribution in [3.05, 3.63) is 52.5 Å². The van der Waals surface area contributed by atoms with E-state index in [1.807, 2.05) is 0 Å². The average molecular weight is 476 g/mol. The van der Waals surface area contributed by atoms with Crippen LogP contribution in [0.15, 0.2) is 57.2 Å². The van der Waals surface area contributed by atoms with Gasteiger partial charge in [0.15, 0.2) is 0 Å². The fourth-order valence-electron chi connectivity index (χ4n) is 2.78. The first-order chi connectivity index (χ1) is 13.7. The second-order valence-electron chi connectivity index (χ2n) is 6.43. The van der Waals surface area contributed by atoms with E-state index >= 15 is 0 Å². The maximum atomic E-state index is 12.6. The molecule has 29 heavy (non-hydrogen) atoms. The van der Waals surface area contributed by atoms with Crippen LogP contribution < -0.4 is 9.44 Å². The van der Waals surface area contributed by atoms with Crippen molar-refractivity contribution in [3.8, 4) is 0 Å². The Morgan fingerprint density at radius 3 is 2.28 bits per heavy atom. The number of amidine groups is 1. The highest BCUT2D eigenvalue weighted by Crippen LogP contribution is 2.30. The molecule has 11 heteroatoms. The summed E-state index contributed by atoms with van der Waals surface area (Å²) in [7, 11) is -7.79. The summed E-state index contributed by atoms with van der Waals surface area (Å²) < 4.78 is 55.1. The molecule has 0 radical (unpaired) electrons. The summed E-state index contributed by atoms with van der Waals surface area (Å²) in [6, 6.07) is 9.63. The molecule has 1 heterocycles. The SMILES string of the molecule is O=S(=O)(NC1=NCCCCC1)c1ccc(NS(=O)(=O)c2cccc(Cl)c2Cl)cc1. The van der Waals surface area contributed by atoms with Gasteiger partial charge >= 0.3 is 0 Å². The smallest absolute Gasteiger partial charge is 0.263 e. The third-order valence-corrected chi connectivity index (χ3v) is 8.00. The highest BCUT2D eigenvalue weighted by atomic mass is 35.5. The van der Waals surface area contributed by atoms with Gasteiger partial charge < -0.3 is 0 Å². The van der Waals surface area contributed by atoms with Crippen LogP contribution >= 0.6 is 23.2 Å². The Balaban J connectivity index is 1.77. The average Bonchev–Trinajstić information content (AvgIpc) is 2.92. The van der Waals surface area contributed by atoms with Gasteiger partial charge in [-0.15, -0.1) is 0 Å². The number of anilines is 1. The van der Waals surface area contributed by atoms with Crippen molar-refractivity contribution in [2.45, 2.75) is 35.5 Å². The molecule has 0 spiro atoms. The van der Waals surface area contributed by atoms with Gasteiger partial charge in [-0.2, -0.15) is 0 Å². The van der Waals surface area contributed by atoms with Gasteiger partial charge in [0.2, 0.25) is 0 Å². The van der Waals surface area contributed by atoms with Gasteiger partial charge in [0.25, 0.3) is 20.0 Å². The Morgan fingerprint density at radius 1 is 0.828 bits per heavy atom. The van der Waals surface area contributed by atoms with Crippen molar-refractivity contribution < 1.29 is 16.8 Å². The summed E-state index contributed by atoms with van der Waals surface area (Å²) in [5.41, 5.74) is 0.187. The molecule has 1 aliphatic rings. The van der Waals surface area contributed by atoms with Crippen LogP contribution in [-0.2, 0) is 20.0 Å². The topological polar surface area (TPSA) is 105 Å². The van der Waals surface area contributed by atoms with E-state index in [1.165, 1.54) is 42.5 Å². The van der Waals surface area contributed by atoms with Gasteiger partial charge in [0.05, 0.1) is 14.9 Å². The lowest BCUT2D eigenvalue weighted by Gasteiger charge is -2.12. The molecule has 0 unspecified atom stereocenters. The molecule has 156 valence electrons. The molecule has 0 atom stereocenters. The van der Waals surface area contributed by atoms with Crippen LogP contribution in [0.3, 0.4) is 0 Å². The van der Waals surface area contributed by atoms with E-state index in [1.54, 1.807) is 0 Å². The lowest BCUT2D eigenvalue weighted by Crippen LogP contribution is -2.30. The van der Waals surface area contributed by atoms with Gasteiger partial charge in [-0.25, -0.2) is 16.8 Å². The molecule has 3 rings (SSSR count). The second-order valence-corrected chi connectivity index (χ2v) is 10.5. The molecule has 0 aliphatic carbocycles. The summed E-state index contributed by atoms with van der Waals surface area (Å²) in [5, 5.41) is 0.0257. The Morgan fingerprint density at radius 2 is 1.55 bits per heavy atom. The summed E-state index contributed by atoms with van der Waals surface area (Å²) in [4.78, 5) is 4.10. The van der Waals surface area contributed by atoms with Crippen molar-refractivity contribution in [2.75, 3.05) is 11.3 Å². The molecular formula is C18H19Cl2N3O4S2. The lowest BCUT2D eigenvalue weighted by molar-refractivity contribution is 0.591. The van der Waals surface area contributed by atoms with E-state index in [0.717, 1.165) is 19.3 Å². The van der Waals surface area contributed by atoms with Crippen molar-refractivity contribution >= 4 is 54.8 Å². The van der Waals surface area contributed by atoms with Crippen molar-refractivity contribution in [2.24, 2.45) is 4.99 Å². The summed E-state index contributed by atoms with van der Waals surface area (Å²) >= 11 is 11.9. The Bertz CT molecular complexity index is 1130. The predicted molar refractivity (Wildman–Crippen MR) is 115 cm³/mol. The molecule has 0 amide bonds. The van der Waals surface area contributed by atoms with E-state index in [-0.39, 0.29) is 25.5 Å². The monoisotopic (exact) mass is 475 g/mol. The molecule has 2 N–H and O–H groups in total. The van der Waals surface area contributed by atoms with Gasteiger partial charge in [0, 0.05) is 18.7 Å². The number of rotatable bonds is 5. The minimum atomic E-state index is -3.99. The third kappa shape index (κ3) is 5.42. The second kappa shape index (κ2) is 8.91. The van der Waals surface area contributed by atoms with E-state index in [9.17, 15) is 16.8 Å². The largest absolute Gasteiger partial charge is 0.280 e. The summed E-state index contributed by atoms with van der Waals surface area (Å²) in [6.07, 6.45) is 3.42. The quantitative estimate of drug-likeness (QED) is 0.680. The standard InChI is InChI=1S/C18H19Cl2N3O4S2/c19-15-5-4-6-16(18(15)20)29(26,27)22-13-8-10-14(11-9-13)28(24,25)23-17-7-2-1-3-12-21-17/h4-6,8-11,22H,1-3,7,12H2,(H,21,23).